The van der Waals surface area contributed by atoms with Gasteiger partial charge in [-0.2, -0.15) is 0 Å². The molecular weight excluding hydrogens is 334 g/mol. The van der Waals surface area contributed by atoms with E-state index < -0.39 is 0 Å². The molecule has 3 nitrogen and oxygen atoms in total. The van der Waals surface area contributed by atoms with Crippen LogP contribution in [-0.4, -0.2) is 25.5 Å². The van der Waals surface area contributed by atoms with E-state index in [9.17, 15) is 4.79 Å². The van der Waals surface area contributed by atoms with E-state index in [4.69, 9.17) is 4.74 Å². The number of anilines is 1. The molecule has 1 heterocycles. The van der Waals surface area contributed by atoms with Gasteiger partial charge in [-0.25, -0.2) is 0 Å². The second-order valence-electron chi connectivity index (χ2n) is 8.14. The first kappa shape index (κ1) is 16.6. The lowest BCUT2D eigenvalue weighted by Gasteiger charge is -2.31. The fourth-order valence-electron chi connectivity index (χ4n) is 5.69. The van der Waals surface area contributed by atoms with Crippen molar-refractivity contribution in [3.63, 3.8) is 0 Å². The lowest BCUT2D eigenvalue weighted by molar-refractivity contribution is -0.123. The number of carbonyl (C=O) groups excluding carboxylic acids is 1. The molecule has 3 heteroatoms. The molecule has 1 saturated heterocycles. The smallest absolute Gasteiger partial charge is 0.146 e. The number of ether oxygens (including phenoxy) is 1. The Morgan fingerprint density at radius 3 is 2.44 bits per heavy atom. The average Bonchev–Trinajstić information content (AvgIpc) is 3.23. The Bertz CT molecular complexity index is 873. The van der Waals surface area contributed by atoms with Crippen LogP contribution >= 0.6 is 0 Å². The predicted octanol–water partition coefficient (Wildman–Crippen LogP) is 4.30. The number of allylic oxidation sites excluding steroid dienone is 1. The monoisotopic (exact) mass is 359 g/mol. The van der Waals surface area contributed by atoms with Gasteiger partial charge >= 0.3 is 0 Å². The minimum atomic E-state index is -0.0457. The molecule has 2 aromatic carbocycles. The van der Waals surface area contributed by atoms with Gasteiger partial charge in [-0.15, -0.1) is 0 Å². The molecule has 2 aromatic rings. The second-order valence-corrected chi connectivity index (χ2v) is 8.14. The van der Waals surface area contributed by atoms with E-state index in [1.165, 1.54) is 5.69 Å². The van der Waals surface area contributed by atoms with Crippen molar-refractivity contribution in [2.75, 3.05) is 18.6 Å². The van der Waals surface area contributed by atoms with Gasteiger partial charge in [-0.05, 0) is 47.6 Å². The normalized spacial score (nSPS) is 34.0. The molecule has 0 unspecified atom stereocenters. The predicted molar refractivity (Wildman–Crippen MR) is 107 cm³/mol. The zero-order chi connectivity index (χ0) is 18.5. The maximum atomic E-state index is 13.5. The number of rotatable bonds is 3. The van der Waals surface area contributed by atoms with Crippen LogP contribution < -0.4 is 9.64 Å². The molecule has 2 aliphatic carbocycles. The summed E-state index contributed by atoms with van der Waals surface area (Å²) in [5, 5.41) is 0. The summed E-state index contributed by atoms with van der Waals surface area (Å²) in [4.78, 5) is 16.0. The number of Topliss-reactive ketones (excluding diaryl/α,β-unsaturated/α-hetero) is 1. The van der Waals surface area contributed by atoms with Crippen LogP contribution in [0.5, 0.6) is 5.75 Å². The number of hydrogen-bond donors (Lipinski definition) is 0. The highest BCUT2D eigenvalue weighted by atomic mass is 16.5. The van der Waals surface area contributed by atoms with Crippen molar-refractivity contribution in [2.45, 2.75) is 18.9 Å². The number of methoxy groups -OCH3 is 1. The third-order valence-corrected chi connectivity index (χ3v) is 6.84. The first-order chi connectivity index (χ1) is 13.2. The molecule has 3 aliphatic rings. The van der Waals surface area contributed by atoms with Crippen LogP contribution in [0, 0.1) is 23.7 Å². The van der Waals surface area contributed by atoms with Crippen LogP contribution in [-0.2, 0) is 4.79 Å². The summed E-state index contributed by atoms with van der Waals surface area (Å²) in [5.41, 5.74) is 2.35. The van der Waals surface area contributed by atoms with Crippen molar-refractivity contribution >= 4 is 11.5 Å². The molecule has 138 valence electrons. The minimum Gasteiger partial charge on any atom is -0.497 e. The number of nitrogens with zero attached hydrogens (tertiary/aromatic N) is 1. The summed E-state index contributed by atoms with van der Waals surface area (Å²) in [7, 11) is 1.69. The lowest BCUT2D eigenvalue weighted by atomic mass is 9.73. The third kappa shape index (κ3) is 2.44. The van der Waals surface area contributed by atoms with Crippen LogP contribution in [0.3, 0.4) is 0 Å². The summed E-state index contributed by atoms with van der Waals surface area (Å²) in [6.45, 7) is 3.19. The molecule has 0 amide bonds. The van der Waals surface area contributed by atoms with Crippen LogP contribution in [0.25, 0.3) is 0 Å². The molecule has 1 saturated carbocycles. The Morgan fingerprint density at radius 2 is 1.74 bits per heavy atom. The van der Waals surface area contributed by atoms with Crippen molar-refractivity contribution in [3.8, 4) is 5.75 Å². The lowest BCUT2D eigenvalue weighted by Crippen LogP contribution is -2.35. The van der Waals surface area contributed by atoms with Crippen molar-refractivity contribution < 1.29 is 9.53 Å². The van der Waals surface area contributed by atoms with Gasteiger partial charge in [-0.3, -0.25) is 4.79 Å². The van der Waals surface area contributed by atoms with Crippen molar-refractivity contribution in [1.82, 2.24) is 0 Å². The van der Waals surface area contributed by atoms with E-state index in [2.05, 4.69) is 60.4 Å². The Morgan fingerprint density at radius 1 is 1.00 bits per heavy atom. The van der Waals surface area contributed by atoms with Gasteiger partial charge in [-0.1, -0.05) is 49.4 Å². The maximum absolute atomic E-state index is 13.5. The molecule has 5 rings (SSSR count). The Balaban J connectivity index is 1.60. The Labute approximate surface area is 160 Å². The first-order valence-corrected chi connectivity index (χ1v) is 9.86. The number of benzene rings is 2. The molecule has 0 spiro atoms. The number of carbonyl (C=O) groups is 1. The quantitative estimate of drug-likeness (QED) is 0.765. The molecule has 0 aromatic heterocycles. The van der Waals surface area contributed by atoms with Crippen molar-refractivity contribution in [2.24, 2.45) is 23.7 Å². The molecule has 6 atom stereocenters. The fraction of sp³-hybridized carbons (Fsp3) is 0.375. The van der Waals surface area contributed by atoms with E-state index >= 15 is 0 Å². The SMILES string of the molecule is COc1ccc(N2C[C@H]3C=C[C@@H](C)[C@H]4C(=O)[C@H](c5ccccc5)[C@@H]2[C@H]43)cc1. The van der Waals surface area contributed by atoms with Crippen LogP contribution in [0.2, 0.25) is 0 Å². The summed E-state index contributed by atoms with van der Waals surface area (Å²) in [6.07, 6.45) is 4.63. The van der Waals surface area contributed by atoms with Gasteiger partial charge in [0.05, 0.1) is 13.0 Å². The number of hydrogen-bond acceptors (Lipinski definition) is 3. The van der Waals surface area contributed by atoms with Gasteiger partial charge in [0.2, 0.25) is 0 Å². The molecule has 27 heavy (non-hydrogen) atoms. The number of ketones is 1. The first-order valence-electron chi connectivity index (χ1n) is 9.86. The summed E-state index contributed by atoms with van der Waals surface area (Å²) >= 11 is 0. The molecule has 2 fully saturated rings. The van der Waals surface area contributed by atoms with Gasteiger partial charge in [0.1, 0.15) is 11.5 Å². The van der Waals surface area contributed by atoms with E-state index in [1.54, 1.807) is 7.11 Å². The van der Waals surface area contributed by atoms with E-state index in [0.29, 0.717) is 23.5 Å². The minimum absolute atomic E-state index is 0.0457. The van der Waals surface area contributed by atoms with Gasteiger partial charge < -0.3 is 9.64 Å². The zero-order valence-corrected chi connectivity index (χ0v) is 15.8. The van der Waals surface area contributed by atoms with E-state index in [-0.39, 0.29) is 17.9 Å². The average molecular weight is 359 g/mol. The Hall–Kier alpha value is -2.55. The van der Waals surface area contributed by atoms with Crippen LogP contribution in [0.15, 0.2) is 66.7 Å². The Kier molecular flexibility index (Phi) is 3.85. The third-order valence-electron chi connectivity index (χ3n) is 6.84. The van der Waals surface area contributed by atoms with E-state index in [0.717, 1.165) is 17.9 Å². The molecule has 0 bridgehead atoms. The molecule has 1 aliphatic heterocycles. The molecular formula is C24H25NO2. The summed E-state index contributed by atoms with van der Waals surface area (Å²) in [5.74, 6) is 2.57. The van der Waals surface area contributed by atoms with Crippen LogP contribution in [0.4, 0.5) is 5.69 Å². The molecule has 0 N–H and O–H groups in total. The highest BCUT2D eigenvalue weighted by Gasteiger charge is 2.60. The van der Waals surface area contributed by atoms with Crippen molar-refractivity contribution in [1.29, 1.82) is 0 Å². The highest BCUT2D eigenvalue weighted by molar-refractivity contribution is 5.93. The second kappa shape index (κ2) is 6.26. The highest BCUT2D eigenvalue weighted by Crippen LogP contribution is 2.55. The standard InChI is InChI=1S/C24H25NO2/c1-15-8-9-17-14-25(18-10-12-19(27-2)13-11-18)23-21(17)20(15)24(26)22(23)16-6-4-3-5-7-16/h3-13,15,17,20-23H,14H2,1-2H3/t15-,17-,20-,21+,22-,23+/m1/s1. The van der Waals surface area contributed by atoms with E-state index in [1.807, 2.05) is 18.2 Å². The maximum Gasteiger partial charge on any atom is 0.146 e. The summed E-state index contributed by atoms with van der Waals surface area (Å²) in [6, 6.07) is 18.9. The van der Waals surface area contributed by atoms with Crippen molar-refractivity contribution in [3.05, 3.63) is 72.3 Å². The van der Waals surface area contributed by atoms with Crippen LogP contribution in [0.1, 0.15) is 18.4 Å². The van der Waals surface area contributed by atoms with Gasteiger partial charge in [0.15, 0.2) is 0 Å². The topological polar surface area (TPSA) is 29.5 Å². The summed E-state index contributed by atoms with van der Waals surface area (Å²) < 4.78 is 5.33. The fourth-order valence-corrected chi connectivity index (χ4v) is 5.69. The molecule has 0 radical (unpaired) electrons. The van der Waals surface area contributed by atoms with Gasteiger partial charge in [0.25, 0.3) is 0 Å². The largest absolute Gasteiger partial charge is 0.497 e. The zero-order valence-electron chi connectivity index (χ0n) is 15.8. The van der Waals surface area contributed by atoms with Gasteiger partial charge in [0, 0.05) is 24.2 Å².